The Bertz CT molecular complexity index is 383. The van der Waals surface area contributed by atoms with Crippen molar-refractivity contribution in [3.05, 3.63) is 0 Å². The first kappa shape index (κ1) is 13.8. The van der Waals surface area contributed by atoms with E-state index in [1.54, 1.807) is 0 Å². The Kier molecular flexibility index (Phi) is 4.39. The van der Waals surface area contributed by atoms with E-state index < -0.39 is 18.1 Å². The van der Waals surface area contributed by atoms with Crippen molar-refractivity contribution >= 4 is 17.8 Å². The first-order valence-corrected chi connectivity index (χ1v) is 6.92. The quantitative estimate of drug-likeness (QED) is 0.764. The Morgan fingerprint density at radius 1 is 1.16 bits per heavy atom. The molecule has 0 radical (unpaired) electrons. The first-order valence-electron chi connectivity index (χ1n) is 6.92. The van der Waals surface area contributed by atoms with Crippen LogP contribution in [0.15, 0.2) is 0 Å². The van der Waals surface area contributed by atoms with Crippen LogP contribution in [0.1, 0.15) is 44.9 Å². The molecule has 2 saturated heterocycles. The van der Waals surface area contributed by atoms with Gasteiger partial charge in [-0.05, 0) is 32.1 Å². The largest absolute Gasteiger partial charge is 0.480 e. The van der Waals surface area contributed by atoms with Gasteiger partial charge in [0.2, 0.25) is 11.8 Å². The summed E-state index contributed by atoms with van der Waals surface area (Å²) in [5.41, 5.74) is 0. The summed E-state index contributed by atoms with van der Waals surface area (Å²) in [6, 6.07) is -1.28. The maximum absolute atomic E-state index is 12.4. The van der Waals surface area contributed by atoms with Gasteiger partial charge in [0.1, 0.15) is 12.1 Å². The third-order valence-corrected chi connectivity index (χ3v) is 3.85. The average Bonchev–Trinajstić information content (AvgIpc) is 2.62. The van der Waals surface area contributed by atoms with E-state index in [9.17, 15) is 19.5 Å². The predicted octanol–water partition coefficient (Wildman–Crippen LogP) is 0.511. The fourth-order valence-corrected chi connectivity index (χ4v) is 2.81. The zero-order valence-electron chi connectivity index (χ0n) is 10.9. The van der Waals surface area contributed by atoms with Gasteiger partial charge in [-0.2, -0.15) is 0 Å². The van der Waals surface area contributed by atoms with E-state index in [0.29, 0.717) is 25.8 Å². The van der Waals surface area contributed by atoms with Crippen molar-refractivity contribution in [3.8, 4) is 0 Å². The van der Waals surface area contributed by atoms with E-state index in [4.69, 9.17) is 0 Å². The Morgan fingerprint density at radius 3 is 2.63 bits per heavy atom. The Labute approximate surface area is 112 Å². The standard InChI is InChI=1S/C13H20N2O4/c16-11-7-2-1-5-9(14-11)12(17)15-8-4-3-6-10(15)13(18)19/h9-10H,1-8H2,(H,14,16)(H,18,19). The second-order valence-corrected chi connectivity index (χ2v) is 5.25. The Balaban J connectivity index is 2.07. The van der Waals surface area contributed by atoms with E-state index in [2.05, 4.69) is 5.32 Å². The number of nitrogens with one attached hydrogen (secondary N) is 1. The molecule has 2 rings (SSSR count). The molecule has 0 saturated carbocycles. The second kappa shape index (κ2) is 6.04. The smallest absolute Gasteiger partial charge is 0.326 e. The molecule has 0 aromatic rings. The maximum Gasteiger partial charge on any atom is 0.326 e. The van der Waals surface area contributed by atoms with Crippen LogP contribution in [0.5, 0.6) is 0 Å². The molecule has 2 fully saturated rings. The number of hydrogen-bond donors (Lipinski definition) is 2. The number of rotatable bonds is 2. The SMILES string of the molecule is O=C1CCCCC(C(=O)N2CCCCC2C(=O)O)N1. The molecule has 0 aromatic heterocycles. The summed E-state index contributed by atoms with van der Waals surface area (Å²) in [7, 11) is 0. The van der Waals surface area contributed by atoms with E-state index in [1.165, 1.54) is 4.90 Å². The van der Waals surface area contributed by atoms with Crippen molar-refractivity contribution in [1.82, 2.24) is 10.2 Å². The minimum atomic E-state index is -0.951. The molecule has 2 unspecified atom stereocenters. The minimum Gasteiger partial charge on any atom is -0.480 e. The fraction of sp³-hybridized carbons (Fsp3) is 0.769. The van der Waals surface area contributed by atoms with E-state index in [0.717, 1.165) is 25.7 Å². The van der Waals surface area contributed by atoms with Gasteiger partial charge in [0.05, 0.1) is 0 Å². The van der Waals surface area contributed by atoms with Crippen LogP contribution in [0.2, 0.25) is 0 Å². The van der Waals surface area contributed by atoms with Gasteiger partial charge in [0.25, 0.3) is 0 Å². The number of likely N-dealkylation sites (tertiary alicyclic amines) is 1. The highest BCUT2D eigenvalue weighted by molar-refractivity contribution is 5.90. The highest BCUT2D eigenvalue weighted by atomic mass is 16.4. The van der Waals surface area contributed by atoms with Gasteiger partial charge >= 0.3 is 5.97 Å². The van der Waals surface area contributed by atoms with Crippen LogP contribution < -0.4 is 5.32 Å². The minimum absolute atomic E-state index is 0.111. The molecule has 2 amide bonds. The maximum atomic E-state index is 12.4. The summed E-state index contributed by atoms with van der Waals surface area (Å²) in [5, 5.41) is 11.9. The number of carboxylic acid groups (broad SMARTS) is 1. The van der Waals surface area contributed by atoms with E-state index in [-0.39, 0.29) is 11.8 Å². The van der Waals surface area contributed by atoms with Crippen molar-refractivity contribution in [3.63, 3.8) is 0 Å². The summed E-state index contributed by atoms with van der Waals surface area (Å²) >= 11 is 0. The molecule has 6 nitrogen and oxygen atoms in total. The van der Waals surface area contributed by atoms with Gasteiger partial charge < -0.3 is 15.3 Å². The molecular weight excluding hydrogens is 248 g/mol. The summed E-state index contributed by atoms with van der Waals surface area (Å²) in [6.45, 7) is 0.474. The van der Waals surface area contributed by atoms with Crippen LogP contribution in [-0.4, -0.2) is 46.4 Å². The molecule has 6 heteroatoms. The van der Waals surface area contributed by atoms with Crippen molar-refractivity contribution in [2.75, 3.05) is 6.54 Å². The van der Waals surface area contributed by atoms with Gasteiger partial charge in [-0.25, -0.2) is 4.79 Å². The summed E-state index contributed by atoms with van der Waals surface area (Å²) in [6.07, 6.45) is 4.83. The van der Waals surface area contributed by atoms with Crippen LogP contribution in [0, 0.1) is 0 Å². The highest BCUT2D eigenvalue weighted by Gasteiger charge is 2.36. The molecule has 106 valence electrons. The van der Waals surface area contributed by atoms with Gasteiger partial charge in [-0.15, -0.1) is 0 Å². The average molecular weight is 268 g/mol. The first-order chi connectivity index (χ1) is 9.09. The third-order valence-electron chi connectivity index (χ3n) is 3.85. The fourth-order valence-electron chi connectivity index (χ4n) is 2.81. The molecule has 2 atom stereocenters. The van der Waals surface area contributed by atoms with Crippen molar-refractivity contribution < 1.29 is 19.5 Å². The van der Waals surface area contributed by atoms with Crippen molar-refractivity contribution in [1.29, 1.82) is 0 Å². The Morgan fingerprint density at radius 2 is 1.89 bits per heavy atom. The molecule has 0 spiro atoms. The molecule has 0 aliphatic carbocycles. The normalized spacial score (nSPS) is 28.4. The number of carboxylic acids is 1. The third kappa shape index (κ3) is 3.24. The zero-order valence-corrected chi connectivity index (χ0v) is 10.9. The molecule has 2 aliphatic rings. The summed E-state index contributed by atoms with van der Waals surface area (Å²) in [5.74, 6) is -1.30. The van der Waals surface area contributed by atoms with Crippen LogP contribution in [0.25, 0.3) is 0 Å². The number of amides is 2. The van der Waals surface area contributed by atoms with Gasteiger partial charge in [0, 0.05) is 13.0 Å². The van der Waals surface area contributed by atoms with Crippen LogP contribution in [-0.2, 0) is 14.4 Å². The molecule has 0 bridgehead atoms. The van der Waals surface area contributed by atoms with Crippen molar-refractivity contribution in [2.45, 2.75) is 57.0 Å². The zero-order chi connectivity index (χ0) is 13.8. The molecule has 2 N–H and O–H groups in total. The van der Waals surface area contributed by atoms with Gasteiger partial charge in [0.15, 0.2) is 0 Å². The lowest BCUT2D eigenvalue weighted by Crippen LogP contribution is -2.55. The van der Waals surface area contributed by atoms with Crippen LogP contribution in [0.4, 0.5) is 0 Å². The van der Waals surface area contributed by atoms with Gasteiger partial charge in [-0.3, -0.25) is 9.59 Å². The molecule has 2 aliphatic heterocycles. The number of hydrogen-bond acceptors (Lipinski definition) is 3. The van der Waals surface area contributed by atoms with Crippen LogP contribution >= 0.6 is 0 Å². The number of carbonyl (C=O) groups is 3. The lowest BCUT2D eigenvalue weighted by atomic mass is 10.00. The molecule has 0 aromatic carbocycles. The van der Waals surface area contributed by atoms with Crippen molar-refractivity contribution in [2.24, 2.45) is 0 Å². The molecular formula is C13H20N2O4. The predicted molar refractivity (Wildman–Crippen MR) is 67.4 cm³/mol. The summed E-state index contributed by atoms with van der Waals surface area (Å²) < 4.78 is 0. The monoisotopic (exact) mass is 268 g/mol. The van der Waals surface area contributed by atoms with E-state index >= 15 is 0 Å². The summed E-state index contributed by atoms with van der Waals surface area (Å²) in [4.78, 5) is 36.5. The number of nitrogens with zero attached hydrogens (tertiary/aromatic N) is 1. The van der Waals surface area contributed by atoms with Gasteiger partial charge in [-0.1, -0.05) is 6.42 Å². The number of carbonyl (C=O) groups excluding carboxylic acids is 2. The number of piperidine rings is 1. The highest BCUT2D eigenvalue weighted by Crippen LogP contribution is 2.20. The lowest BCUT2D eigenvalue weighted by molar-refractivity contribution is -0.153. The Hall–Kier alpha value is -1.59. The topological polar surface area (TPSA) is 86.7 Å². The molecule has 19 heavy (non-hydrogen) atoms. The van der Waals surface area contributed by atoms with E-state index in [1.807, 2.05) is 0 Å². The van der Waals surface area contributed by atoms with Crippen LogP contribution in [0.3, 0.4) is 0 Å². The lowest BCUT2D eigenvalue weighted by Gasteiger charge is -2.35. The number of aliphatic carboxylic acids is 1. The second-order valence-electron chi connectivity index (χ2n) is 5.25. The molecule has 2 heterocycles.